The molecule has 0 bridgehead atoms. The Hall–Kier alpha value is -3.68. The van der Waals surface area contributed by atoms with Gasteiger partial charge in [-0.05, 0) is 48.9 Å². The first-order valence-electron chi connectivity index (χ1n) is 11.1. The summed E-state index contributed by atoms with van der Waals surface area (Å²) in [5.41, 5.74) is 3.77. The van der Waals surface area contributed by atoms with Gasteiger partial charge in [-0.15, -0.1) is 0 Å². The predicted molar refractivity (Wildman–Crippen MR) is 126 cm³/mol. The summed E-state index contributed by atoms with van der Waals surface area (Å²) in [5.74, 6) is 1.09. The third-order valence-electron chi connectivity index (χ3n) is 5.68. The molecule has 1 amide bonds. The number of aryl methyl sites for hydroxylation is 1. The van der Waals surface area contributed by atoms with Gasteiger partial charge in [0.2, 0.25) is 0 Å². The van der Waals surface area contributed by atoms with Crippen molar-refractivity contribution in [2.24, 2.45) is 0 Å². The molecule has 1 fully saturated rings. The Bertz CT molecular complexity index is 1220. The molecule has 2 aromatic carbocycles. The zero-order valence-corrected chi connectivity index (χ0v) is 18.5. The number of hydrogen-bond donors (Lipinski definition) is 1. The molecule has 3 heterocycles. The van der Waals surface area contributed by atoms with Crippen LogP contribution in [0.2, 0.25) is 0 Å². The van der Waals surface area contributed by atoms with Gasteiger partial charge in [0.15, 0.2) is 5.76 Å². The van der Waals surface area contributed by atoms with E-state index in [4.69, 9.17) is 9.15 Å². The lowest BCUT2D eigenvalue weighted by molar-refractivity contribution is 0.0342. The second-order valence-corrected chi connectivity index (χ2v) is 8.12. The normalized spacial score (nSPS) is 14.3. The Morgan fingerprint density at radius 1 is 1.00 bits per heavy atom. The smallest absolute Gasteiger partial charge is 0.259 e. The fourth-order valence-corrected chi connectivity index (χ4v) is 3.91. The molecule has 1 aliphatic heterocycles. The maximum absolute atomic E-state index is 13.2. The Balaban J connectivity index is 1.36. The molecule has 5 rings (SSSR count). The molecule has 1 aliphatic rings. The number of hydrogen-bond acceptors (Lipinski definition) is 5. The van der Waals surface area contributed by atoms with Crippen molar-refractivity contribution in [3.63, 3.8) is 0 Å². The number of ether oxygens (including phenoxy) is 1. The third kappa shape index (κ3) is 4.89. The number of para-hydroxylation sites is 1. The van der Waals surface area contributed by atoms with E-state index in [-0.39, 0.29) is 5.91 Å². The van der Waals surface area contributed by atoms with Crippen molar-refractivity contribution in [2.75, 3.05) is 31.6 Å². The lowest BCUT2D eigenvalue weighted by atomic mass is 10.1. The molecule has 0 spiro atoms. The molecule has 0 radical (unpaired) electrons. The van der Waals surface area contributed by atoms with Crippen LogP contribution < -0.4 is 5.32 Å². The van der Waals surface area contributed by atoms with Crippen molar-refractivity contribution in [1.29, 1.82) is 0 Å². The van der Waals surface area contributed by atoms with Crippen LogP contribution in [0.5, 0.6) is 0 Å². The van der Waals surface area contributed by atoms with E-state index in [1.165, 1.54) is 5.56 Å². The molecular formula is C26H26N4O3. The molecule has 1 N–H and O–H groups in total. The number of rotatable bonds is 6. The highest BCUT2D eigenvalue weighted by Crippen LogP contribution is 2.26. The number of carbonyl (C=O) groups excluding carboxylic acids is 1. The van der Waals surface area contributed by atoms with Gasteiger partial charge in [-0.3, -0.25) is 9.69 Å². The number of morpholine rings is 1. The second-order valence-electron chi connectivity index (χ2n) is 8.12. The van der Waals surface area contributed by atoms with Crippen LogP contribution in [-0.4, -0.2) is 46.9 Å². The van der Waals surface area contributed by atoms with Crippen LogP contribution in [0, 0.1) is 6.92 Å². The number of furan rings is 1. The standard InChI is InChI=1S/C26H26N4O3/c1-19-7-12-24(33-19)25-23(18-30(28-25)22-5-3-2-4-6-22)26(31)27-21-10-8-20(9-11-21)17-29-13-15-32-16-14-29/h2-12,18H,13-17H2,1H3,(H,27,31). The first kappa shape index (κ1) is 21.2. The van der Waals surface area contributed by atoms with Crippen molar-refractivity contribution < 1.29 is 13.9 Å². The van der Waals surface area contributed by atoms with E-state index in [0.717, 1.165) is 50.0 Å². The third-order valence-corrected chi connectivity index (χ3v) is 5.68. The monoisotopic (exact) mass is 442 g/mol. The summed E-state index contributed by atoms with van der Waals surface area (Å²) in [6.07, 6.45) is 1.74. The highest BCUT2D eigenvalue weighted by atomic mass is 16.5. The maximum atomic E-state index is 13.2. The molecule has 4 aromatic rings. The minimum atomic E-state index is -0.234. The average molecular weight is 443 g/mol. The number of amides is 1. The summed E-state index contributed by atoms with van der Waals surface area (Å²) in [4.78, 5) is 15.6. The fraction of sp³-hybridized carbons (Fsp3) is 0.231. The Morgan fingerprint density at radius 3 is 2.45 bits per heavy atom. The zero-order chi connectivity index (χ0) is 22.6. The van der Waals surface area contributed by atoms with Crippen LogP contribution >= 0.6 is 0 Å². The predicted octanol–water partition coefficient (Wildman–Crippen LogP) is 4.53. The summed E-state index contributed by atoms with van der Waals surface area (Å²) >= 11 is 0. The molecule has 0 aliphatic carbocycles. The SMILES string of the molecule is Cc1ccc(-c2nn(-c3ccccc3)cc2C(=O)Nc2ccc(CN3CCOCC3)cc2)o1. The summed E-state index contributed by atoms with van der Waals surface area (Å²) in [6.45, 7) is 6.20. The van der Waals surface area contributed by atoms with Gasteiger partial charge in [-0.2, -0.15) is 5.10 Å². The summed E-state index contributed by atoms with van der Waals surface area (Å²) in [7, 11) is 0. The first-order chi connectivity index (χ1) is 16.2. The van der Waals surface area contributed by atoms with Crippen molar-refractivity contribution in [2.45, 2.75) is 13.5 Å². The molecule has 168 valence electrons. The van der Waals surface area contributed by atoms with Crippen molar-refractivity contribution in [3.05, 3.63) is 89.8 Å². The van der Waals surface area contributed by atoms with Gasteiger partial charge < -0.3 is 14.5 Å². The molecule has 2 aromatic heterocycles. The molecule has 0 saturated carbocycles. The quantitative estimate of drug-likeness (QED) is 0.475. The number of nitrogens with zero attached hydrogens (tertiary/aromatic N) is 3. The number of anilines is 1. The molecule has 0 unspecified atom stereocenters. The fourth-order valence-electron chi connectivity index (χ4n) is 3.91. The summed E-state index contributed by atoms with van der Waals surface area (Å²) < 4.78 is 12.9. The minimum absolute atomic E-state index is 0.234. The Kier molecular flexibility index (Phi) is 6.06. The van der Waals surface area contributed by atoms with Gasteiger partial charge in [0.1, 0.15) is 11.5 Å². The number of carbonyl (C=O) groups is 1. The summed E-state index contributed by atoms with van der Waals surface area (Å²) in [6, 6.07) is 21.4. The van der Waals surface area contributed by atoms with E-state index >= 15 is 0 Å². The molecule has 33 heavy (non-hydrogen) atoms. The van der Waals surface area contributed by atoms with Gasteiger partial charge in [0, 0.05) is 31.5 Å². The van der Waals surface area contributed by atoms with E-state index in [1.54, 1.807) is 10.9 Å². The van der Waals surface area contributed by atoms with Gasteiger partial charge in [0.05, 0.1) is 24.5 Å². The second kappa shape index (κ2) is 9.44. The molecule has 7 nitrogen and oxygen atoms in total. The molecule has 7 heteroatoms. The Labute approximate surface area is 192 Å². The van der Waals surface area contributed by atoms with E-state index in [0.29, 0.717) is 17.0 Å². The Morgan fingerprint density at radius 2 is 1.76 bits per heavy atom. The number of benzene rings is 2. The van der Waals surface area contributed by atoms with Crippen LogP contribution in [0.25, 0.3) is 17.1 Å². The van der Waals surface area contributed by atoms with Crippen molar-refractivity contribution >= 4 is 11.6 Å². The van der Waals surface area contributed by atoms with Gasteiger partial charge in [0.25, 0.3) is 5.91 Å². The largest absolute Gasteiger partial charge is 0.460 e. The lowest BCUT2D eigenvalue weighted by Crippen LogP contribution is -2.35. The van der Waals surface area contributed by atoms with Crippen LogP contribution in [0.1, 0.15) is 21.7 Å². The topological polar surface area (TPSA) is 72.5 Å². The van der Waals surface area contributed by atoms with Crippen molar-refractivity contribution in [1.82, 2.24) is 14.7 Å². The van der Waals surface area contributed by atoms with Gasteiger partial charge in [-0.25, -0.2) is 4.68 Å². The lowest BCUT2D eigenvalue weighted by Gasteiger charge is -2.26. The van der Waals surface area contributed by atoms with Crippen LogP contribution in [0.4, 0.5) is 5.69 Å². The molecule has 1 saturated heterocycles. The van der Waals surface area contributed by atoms with Crippen LogP contribution in [0.3, 0.4) is 0 Å². The average Bonchev–Trinajstić information content (AvgIpc) is 3.48. The zero-order valence-electron chi connectivity index (χ0n) is 18.5. The van der Waals surface area contributed by atoms with Crippen LogP contribution in [0.15, 0.2) is 77.3 Å². The molecular weight excluding hydrogens is 416 g/mol. The van der Waals surface area contributed by atoms with Crippen LogP contribution in [-0.2, 0) is 11.3 Å². The van der Waals surface area contributed by atoms with E-state index in [9.17, 15) is 4.79 Å². The number of aromatic nitrogens is 2. The van der Waals surface area contributed by atoms with E-state index in [1.807, 2.05) is 61.5 Å². The van der Waals surface area contributed by atoms with Gasteiger partial charge in [-0.1, -0.05) is 30.3 Å². The highest BCUT2D eigenvalue weighted by molar-refractivity contribution is 6.07. The highest BCUT2D eigenvalue weighted by Gasteiger charge is 2.21. The van der Waals surface area contributed by atoms with E-state index in [2.05, 4.69) is 27.4 Å². The van der Waals surface area contributed by atoms with E-state index < -0.39 is 0 Å². The first-order valence-corrected chi connectivity index (χ1v) is 11.1. The summed E-state index contributed by atoms with van der Waals surface area (Å²) in [5, 5.41) is 7.66. The minimum Gasteiger partial charge on any atom is -0.460 e. The number of nitrogens with one attached hydrogen (secondary N) is 1. The van der Waals surface area contributed by atoms with Crippen molar-refractivity contribution in [3.8, 4) is 17.1 Å². The molecule has 0 atom stereocenters. The van der Waals surface area contributed by atoms with Gasteiger partial charge >= 0.3 is 0 Å². The maximum Gasteiger partial charge on any atom is 0.259 e.